The van der Waals surface area contributed by atoms with E-state index in [9.17, 15) is 24.3 Å². The van der Waals surface area contributed by atoms with Crippen molar-refractivity contribution >= 4 is 29.8 Å². The molecule has 1 fully saturated rings. The number of hydrogen-bond acceptors (Lipinski definition) is 4. The second kappa shape index (κ2) is 6.23. The lowest BCUT2D eigenvalue weighted by atomic mass is 9.48. The normalized spacial score (nSPS) is 27.0. The molecule has 3 aromatic carbocycles. The highest BCUT2D eigenvalue weighted by Crippen LogP contribution is 2.63. The van der Waals surface area contributed by atoms with Gasteiger partial charge in [0.05, 0.1) is 28.5 Å². The van der Waals surface area contributed by atoms with Crippen LogP contribution in [0.1, 0.15) is 38.5 Å². The van der Waals surface area contributed by atoms with Crippen molar-refractivity contribution in [2.45, 2.75) is 11.3 Å². The molecule has 2 atom stereocenters. The van der Waals surface area contributed by atoms with Crippen molar-refractivity contribution in [3.05, 3.63) is 101 Å². The molecule has 3 aromatic rings. The Morgan fingerprint density at radius 2 is 1.41 bits per heavy atom. The number of aldehydes is 1. The Bertz CT molecular complexity index is 1290. The Kier molecular flexibility index (Phi) is 3.64. The number of carboxylic acids is 1. The largest absolute Gasteiger partial charge is 0.478 e. The monoisotopic (exact) mass is 423 g/mol. The second-order valence-corrected chi connectivity index (χ2v) is 8.51. The van der Waals surface area contributed by atoms with E-state index in [0.29, 0.717) is 5.69 Å². The minimum Gasteiger partial charge on any atom is -0.478 e. The molecule has 0 spiro atoms. The number of carbonyl (C=O) groups excluding carboxylic acids is 3. The van der Waals surface area contributed by atoms with E-state index in [2.05, 4.69) is 0 Å². The van der Waals surface area contributed by atoms with Crippen LogP contribution < -0.4 is 4.90 Å². The molecule has 6 nitrogen and oxygen atoms in total. The second-order valence-electron chi connectivity index (χ2n) is 8.51. The summed E-state index contributed by atoms with van der Waals surface area (Å²) in [5.41, 5.74) is 2.51. The summed E-state index contributed by atoms with van der Waals surface area (Å²) in [5.74, 6) is -3.74. The molecule has 2 bridgehead atoms. The summed E-state index contributed by atoms with van der Waals surface area (Å²) >= 11 is 0. The van der Waals surface area contributed by atoms with Gasteiger partial charge in [0.15, 0.2) is 0 Å². The Labute approximate surface area is 183 Å². The van der Waals surface area contributed by atoms with Gasteiger partial charge in [0, 0.05) is 5.92 Å². The van der Waals surface area contributed by atoms with Crippen molar-refractivity contribution in [1.29, 1.82) is 0 Å². The van der Waals surface area contributed by atoms with E-state index >= 15 is 0 Å². The molecule has 156 valence electrons. The molecule has 0 saturated carbocycles. The summed E-state index contributed by atoms with van der Waals surface area (Å²) < 4.78 is 0. The van der Waals surface area contributed by atoms with E-state index in [-0.39, 0.29) is 17.4 Å². The number of aromatic carboxylic acids is 1. The van der Waals surface area contributed by atoms with Gasteiger partial charge < -0.3 is 9.90 Å². The Balaban J connectivity index is 1.58. The van der Waals surface area contributed by atoms with Crippen LogP contribution in [0.5, 0.6) is 0 Å². The molecule has 1 saturated heterocycles. The average Bonchev–Trinajstić information content (AvgIpc) is 3.10. The number of hydrogen-bond donors (Lipinski definition) is 1. The average molecular weight is 423 g/mol. The molecule has 1 aliphatic heterocycles. The van der Waals surface area contributed by atoms with E-state index in [4.69, 9.17) is 0 Å². The molecular formula is C26H17NO5. The van der Waals surface area contributed by atoms with Gasteiger partial charge >= 0.3 is 5.97 Å². The first-order valence-electron chi connectivity index (χ1n) is 10.4. The van der Waals surface area contributed by atoms with Crippen LogP contribution in [-0.2, 0) is 19.8 Å². The van der Waals surface area contributed by atoms with E-state index < -0.39 is 29.1 Å². The Morgan fingerprint density at radius 3 is 1.94 bits per heavy atom. The van der Waals surface area contributed by atoms with Crippen LogP contribution in [0.25, 0.3) is 0 Å². The lowest BCUT2D eigenvalue weighted by Crippen LogP contribution is -2.54. The summed E-state index contributed by atoms with van der Waals surface area (Å²) in [4.78, 5) is 52.7. The zero-order valence-electron chi connectivity index (χ0n) is 16.8. The zero-order chi connectivity index (χ0) is 22.2. The minimum atomic E-state index is -1.24. The highest BCUT2D eigenvalue weighted by Gasteiger charge is 2.68. The molecule has 0 radical (unpaired) electrons. The van der Waals surface area contributed by atoms with Gasteiger partial charge in [0.2, 0.25) is 11.8 Å². The topological polar surface area (TPSA) is 91.8 Å². The first-order valence-corrected chi connectivity index (χ1v) is 10.4. The molecule has 3 aliphatic carbocycles. The molecule has 0 unspecified atom stereocenters. The van der Waals surface area contributed by atoms with Crippen LogP contribution in [-0.4, -0.2) is 29.2 Å². The number of carboxylic acid groups (broad SMARTS) is 1. The smallest absolute Gasteiger partial charge is 0.335 e. The summed E-state index contributed by atoms with van der Waals surface area (Å²) in [6, 6.07) is 20.8. The number of amides is 2. The van der Waals surface area contributed by atoms with Crippen LogP contribution in [0.3, 0.4) is 0 Å². The van der Waals surface area contributed by atoms with Gasteiger partial charge in [-0.3, -0.25) is 9.59 Å². The number of carbonyl (C=O) groups is 4. The van der Waals surface area contributed by atoms with Crippen LogP contribution in [0.4, 0.5) is 5.69 Å². The number of imide groups is 1. The number of nitrogens with zero attached hydrogens (tertiary/aromatic N) is 1. The molecule has 2 amide bonds. The van der Waals surface area contributed by atoms with Gasteiger partial charge in [0.1, 0.15) is 6.29 Å². The van der Waals surface area contributed by atoms with Crippen LogP contribution in [0, 0.1) is 11.8 Å². The molecule has 4 aliphatic rings. The van der Waals surface area contributed by atoms with Crippen molar-refractivity contribution < 1.29 is 24.3 Å². The van der Waals surface area contributed by atoms with E-state index in [1.807, 2.05) is 48.5 Å². The summed E-state index contributed by atoms with van der Waals surface area (Å²) in [6.07, 6.45) is 0.833. The van der Waals surface area contributed by atoms with E-state index in [0.717, 1.165) is 33.4 Å². The van der Waals surface area contributed by atoms with Crippen LogP contribution in [0.15, 0.2) is 72.8 Å². The third kappa shape index (κ3) is 2.04. The fourth-order valence-corrected chi connectivity index (χ4v) is 6.04. The first kappa shape index (κ1) is 18.7. The van der Waals surface area contributed by atoms with Gasteiger partial charge in [-0.15, -0.1) is 0 Å². The van der Waals surface area contributed by atoms with Gasteiger partial charge in [0.25, 0.3) is 0 Å². The van der Waals surface area contributed by atoms with E-state index in [1.54, 1.807) is 0 Å². The third-order valence-electron chi connectivity index (χ3n) is 7.24. The molecular weight excluding hydrogens is 406 g/mol. The zero-order valence-corrected chi connectivity index (χ0v) is 16.8. The maximum absolute atomic E-state index is 13.8. The third-order valence-corrected chi connectivity index (χ3v) is 7.24. The standard InChI is InChI=1S/C26H17NO5/c28-13-26-18-7-3-1-5-16(18)20(17-6-2-4-8-19(17)26)21-22(26)24(30)27(23(21)29)15-11-9-14(10-12-15)25(31)32/h1-13,20-22H,(H,31,32)/t20?,21-,22-,26?/m0/s1. The van der Waals surface area contributed by atoms with Crippen LogP contribution in [0.2, 0.25) is 0 Å². The van der Waals surface area contributed by atoms with Gasteiger partial charge in [-0.2, -0.15) is 0 Å². The quantitative estimate of drug-likeness (QED) is 0.516. The Morgan fingerprint density at radius 1 is 0.844 bits per heavy atom. The van der Waals surface area contributed by atoms with E-state index in [1.165, 1.54) is 24.3 Å². The highest BCUT2D eigenvalue weighted by molar-refractivity contribution is 6.24. The fourth-order valence-electron chi connectivity index (χ4n) is 6.04. The lowest BCUT2D eigenvalue weighted by Gasteiger charge is -2.51. The summed E-state index contributed by atoms with van der Waals surface area (Å²) in [6.45, 7) is 0. The van der Waals surface area contributed by atoms with Crippen LogP contribution >= 0.6 is 0 Å². The first-order chi connectivity index (χ1) is 15.5. The molecule has 32 heavy (non-hydrogen) atoms. The maximum Gasteiger partial charge on any atom is 0.335 e. The predicted octanol–water partition coefficient (Wildman–Crippen LogP) is 3.13. The molecule has 6 heteroatoms. The minimum absolute atomic E-state index is 0.0644. The van der Waals surface area contributed by atoms with Crippen molar-refractivity contribution in [2.75, 3.05) is 4.90 Å². The Hall–Kier alpha value is -4.06. The van der Waals surface area contributed by atoms with Crippen molar-refractivity contribution in [3.8, 4) is 0 Å². The van der Waals surface area contributed by atoms with Gasteiger partial charge in [-0.05, 0) is 46.5 Å². The summed E-state index contributed by atoms with van der Waals surface area (Å²) in [5, 5.41) is 9.17. The SMILES string of the molecule is O=CC12c3ccccc3C(c3ccccc31)[C@@H]1C(=O)N(c3ccc(C(=O)O)cc3)C(=O)[C@H]12. The predicted molar refractivity (Wildman–Crippen MR) is 114 cm³/mol. The molecule has 1 heterocycles. The van der Waals surface area contributed by atoms with Gasteiger partial charge in [-0.1, -0.05) is 48.5 Å². The number of benzene rings is 3. The molecule has 0 aromatic heterocycles. The van der Waals surface area contributed by atoms with Crippen molar-refractivity contribution in [1.82, 2.24) is 0 Å². The summed E-state index contributed by atoms with van der Waals surface area (Å²) in [7, 11) is 0. The maximum atomic E-state index is 13.8. The fraction of sp³-hybridized carbons (Fsp3) is 0.154. The highest BCUT2D eigenvalue weighted by atomic mass is 16.4. The number of anilines is 1. The van der Waals surface area contributed by atoms with Crippen molar-refractivity contribution in [2.24, 2.45) is 11.8 Å². The lowest BCUT2D eigenvalue weighted by molar-refractivity contribution is -0.128. The molecule has 7 rings (SSSR count). The van der Waals surface area contributed by atoms with Crippen molar-refractivity contribution in [3.63, 3.8) is 0 Å². The number of rotatable bonds is 3. The van der Waals surface area contributed by atoms with Gasteiger partial charge in [-0.25, -0.2) is 9.69 Å². The molecule has 1 N–H and O–H groups in total.